The van der Waals surface area contributed by atoms with E-state index in [4.69, 9.17) is 0 Å². The van der Waals surface area contributed by atoms with Crippen molar-refractivity contribution < 1.29 is 14.7 Å². The molecule has 3 N–H and O–H groups in total. The number of aromatic nitrogens is 1. The molecular formula is C32H34N4O3. The molecule has 2 saturated heterocycles. The number of nitrogens with zero attached hydrogens (tertiary/aromatic N) is 2. The largest absolute Gasteiger partial charge is 0.381 e. The number of carbonyl (C=O) groups is 2. The molecule has 1 aromatic heterocycles. The molecule has 0 radical (unpaired) electrons. The topological polar surface area (TPSA) is 88.7 Å². The summed E-state index contributed by atoms with van der Waals surface area (Å²) in [6.45, 7) is 16.1. The number of aliphatic hydroxyl groups is 1. The summed E-state index contributed by atoms with van der Waals surface area (Å²) in [5, 5.41) is 16.0. The molecular weight excluding hydrogens is 488 g/mol. The molecule has 6 rings (SSSR count). The van der Waals surface area contributed by atoms with Crippen molar-refractivity contribution in [1.29, 1.82) is 0 Å². The Morgan fingerprint density at radius 1 is 1.03 bits per heavy atom. The van der Waals surface area contributed by atoms with Crippen LogP contribution in [0.25, 0.3) is 17.0 Å². The van der Waals surface area contributed by atoms with Gasteiger partial charge in [-0.25, -0.2) is 0 Å². The second-order valence-electron chi connectivity index (χ2n) is 11.9. The quantitative estimate of drug-likeness (QED) is 0.335. The van der Waals surface area contributed by atoms with Gasteiger partial charge in [0.25, 0.3) is 5.91 Å². The number of aromatic amines is 1. The minimum Gasteiger partial charge on any atom is -0.381 e. The fourth-order valence-corrected chi connectivity index (χ4v) is 6.44. The molecule has 2 amide bonds. The standard InChI is InChI=1S/C32H34N4O3/c1-7-30(3,4)26-20(19-13-9-11-15-22(19)33-26)17-23-28(38)35-25(27(37)34-23)18-32(39)21-14-10-12-16-24(21)36(29(32)35)31(5,6)8-2/h7-17,25,29,33,39H,1-2,18H2,3-6H3,(H,34,37). The van der Waals surface area contributed by atoms with Crippen molar-refractivity contribution in [3.05, 3.63) is 96.4 Å². The van der Waals surface area contributed by atoms with Gasteiger partial charge in [-0.1, -0.05) is 62.4 Å². The number of para-hydroxylation sites is 2. The summed E-state index contributed by atoms with van der Waals surface area (Å²) in [5.41, 5.74) is 1.97. The molecule has 3 aliphatic heterocycles. The van der Waals surface area contributed by atoms with E-state index in [1.165, 1.54) is 0 Å². The number of nitrogens with one attached hydrogen (secondary N) is 2. The lowest BCUT2D eigenvalue weighted by molar-refractivity contribution is -0.142. The van der Waals surface area contributed by atoms with E-state index in [0.29, 0.717) is 0 Å². The molecule has 4 heterocycles. The summed E-state index contributed by atoms with van der Waals surface area (Å²) in [4.78, 5) is 34.9. The van der Waals surface area contributed by atoms with E-state index in [0.717, 1.165) is 33.4 Å². The maximum Gasteiger partial charge on any atom is 0.272 e. The van der Waals surface area contributed by atoms with Crippen molar-refractivity contribution in [3.8, 4) is 0 Å². The fraction of sp³-hybridized carbons (Fsp3) is 0.312. The van der Waals surface area contributed by atoms with Crippen molar-refractivity contribution in [2.24, 2.45) is 0 Å². The van der Waals surface area contributed by atoms with Crippen LogP contribution in [0.1, 0.15) is 50.9 Å². The minimum absolute atomic E-state index is 0.116. The third-order valence-electron chi connectivity index (χ3n) is 8.74. The number of amides is 2. The van der Waals surface area contributed by atoms with Gasteiger partial charge in [0, 0.05) is 45.2 Å². The zero-order chi connectivity index (χ0) is 27.9. The van der Waals surface area contributed by atoms with Crippen LogP contribution in [-0.4, -0.2) is 44.6 Å². The molecule has 200 valence electrons. The molecule has 7 nitrogen and oxygen atoms in total. The molecule has 2 fully saturated rings. The van der Waals surface area contributed by atoms with E-state index < -0.39 is 28.8 Å². The first-order valence-electron chi connectivity index (χ1n) is 13.3. The smallest absolute Gasteiger partial charge is 0.272 e. The first-order chi connectivity index (χ1) is 18.4. The fourth-order valence-electron chi connectivity index (χ4n) is 6.44. The van der Waals surface area contributed by atoms with Gasteiger partial charge in [0.05, 0.1) is 5.54 Å². The Kier molecular flexibility index (Phi) is 5.30. The summed E-state index contributed by atoms with van der Waals surface area (Å²) in [6, 6.07) is 14.7. The molecule has 0 bridgehead atoms. The van der Waals surface area contributed by atoms with Gasteiger partial charge < -0.3 is 25.2 Å². The van der Waals surface area contributed by atoms with Gasteiger partial charge in [0.2, 0.25) is 5.91 Å². The lowest BCUT2D eigenvalue weighted by Gasteiger charge is -2.46. The van der Waals surface area contributed by atoms with Crippen LogP contribution in [0.2, 0.25) is 0 Å². The molecule has 0 saturated carbocycles. The summed E-state index contributed by atoms with van der Waals surface area (Å²) in [6.07, 6.45) is 4.79. The highest BCUT2D eigenvalue weighted by atomic mass is 16.3. The van der Waals surface area contributed by atoms with Crippen LogP contribution < -0.4 is 10.2 Å². The minimum atomic E-state index is -1.40. The monoisotopic (exact) mass is 522 g/mol. The van der Waals surface area contributed by atoms with Crippen molar-refractivity contribution >= 4 is 34.5 Å². The van der Waals surface area contributed by atoms with Crippen molar-refractivity contribution in [3.63, 3.8) is 0 Å². The van der Waals surface area contributed by atoms with Crippen molar-refractivity contribution in [2.45, 2.75) is 62.9 Å². The molecule has 3 aromatic rings. The Labute approximate surface area is 228 Å². The number of hydrogen-bond acceptors (Lipinski definition) is 4. The number of benzene rings is 2. The molecule has 3 unspecified atom stereocenters. The molecule has 39 heavy (non-hydrogen) atoms. The predicted octanol–water partition coefficient (Wildman–Crippen LogP) is 4.70. The summed E-state index contributed by atoms with van der Waals surface area (Å²) in [5.74, 6) is -0.632. The van der Waals surface area contributed by atoms with Gasteiger partial charge in [-0.2, -0.15) is 0 Å². The first-order valence-corrected chi connectivity index (χ1v) is 13.3. The third-order valence-corrected chi connectivity index (χ3v) is 8.74. The van der Waals surface area contributed by atoms with E-state index in [1.807, 2.05) is 79.4 Å². The Morgan fingerprint density at radius 3 is 2.44 bits per heavy atom. The van der Waals surface area contributed by atoms with Gasteiger partial charge in [-0.05, 0) is 32.1 Å². The van der Waals surface area contributed by atoms with Crippen LogP contribution in [0.3, 0.4) is 0 Å². The van der Waals surface area contributed by atoms with E-state index in [-0.39, 0.29) is 23.9 Å². The maximum absolute atomic E-state index is 14.3. The van der Waals surface area contributed by atoms with Crippen LogP contribution >= 0.6 is 0 Å². The lowest BCUT2D eigenvalue weighted by atomic mass is 9.86. The second kappa shape index (κ2) is 8.20. The molecule has 3 atom stereocenters. The second-order valence-corrected chi connectivity index (χ2v) is 11.9. The summed E-state index contributed by atoms with van der Waals surface area (Å²) < 4.78 is 0. The number of anilines is 1. The number of H-pyrrole nitrogens is 1. The van der Waals surface area contributed by atoms with E-state index in [9.17, 15) is 14.7 Å². The maximum atomic E-state index is 14.3. The molecule has 3 aliphatic rings. The van der Waals surface area contributed by atoms with Gasteiger partial charge in [-0.3, -0.25) is 9.59 Å². The predicted molar refractivity (Wildman–Crippen MR) is 154 cm³/mol. The van der Waals surface area contributed by atoms with E-state index >= 15 is 0 Å². The summed E-state index contributed by atoms with van der Waals surface area (Å²) in [7, 11) is 0. The Bertz CT molecular complexity index is 1600. The molecule has 0 spiro atoms. The van der Waals surface area contributed by atoms with E-state index in [2.05, 4.69) is 37.3 Å². The zero-order valence-electron chi connectivity index (χ0n) is 22.8. The third kappa shape index (κ3) is 3.39. The van der Waals surface area contributed by atoms with Crippen LogP contribution in [0.5, 0.6) is 0 Å². The number of carbonyl (C=O) groups excluding carboxylic acids is 2. The average molecular weight is 523 g/mol. The van der Waals surface area contributed by atoms with Crippen molar-refractivity contribution in [1.82, 2.24) is 15.2 Å². The molecule has 7 heteroatoms. The van der Waals surface area contributed by atoms with Crippen LogP contribution in [-0.2, 0) is 20.6 Å². The van der Waals surface area contributed by atoms with Gasteiger partial charge in [0.15, 0.2) is 0 Å². The SMILES string of the molecule is C=CC(C)(C)c1[nH]c2ccccc2c1C=C1NC(=O)C2CC3(O)c4ccccc4N(C(C)(C)C=C)C3N2C1=O. The van der Waals surface area contributed by atoms with Crippen LogP contribution in [0.15, 0.2) is 79.5 Å². The number of hydrogen-bond donors (Lipinski definition) is 3. The van der Waals surface area contributed by atoms with Crippen molar-refractivity contribution in [2.75, 3.05) is 4.90 Å². The highest BCUT2D eigenvalue weighted by molar-refractivity contribution is 6.09. The van der Waals surface area contributed by atoms with Crippen LogP contribution in [0, 0.1) is 0 Å². The average Bonchev–Trinajstić information content (AvgIpc) is 3.52. The highest BCUT2D eigenvalue weighted by Gasteiger charge is 2.66. The first kappa shape index (κ1) is 25.2. The molecule has 2 aromatic carbocycles. The lowest BCUT2D eigenvalue weighted by Crippen LogP contribution is -2.63. The number of rotatable bonds is 5. The van der Waals surface area contributed by atoms with Gasteiger partial charge in [0.1, 0.15) is 23.5 Å². The Balaban J connectivity index is 1.52. The van der Waals surface area contributed by atoms with E-state index in [1.54, 1.807) is 11.0 Å². The number of piperazine rings is 1. The number of allylic oxidation sites excluding steroid dienone is 1. The zero-order valence-corrected chi connectivity index (χ0v) is 22.8. The Morgan fingerprint density at radius 2 is 1.72 bits per heavy atom. The summed E-state index contributed by atoms with van der Waals surface area (Å²) >= 11 is 0. The van der Waals surface area contributed by atoms with Crippen LogP contribution in [0.4, 0.5) is 5.69 Å². The normalized spacial score (nSPS) is 25.5. The molecule has 0 aliphatic carbocycles. The highest BCUT2D eigenvalue weighted by Crippen LogP contribution is 2.55. The Hall–Kier alpha value is -4.10. The number of fused-ring (bicyclic) bond motifs is 6. The van der Waals surface area contributed by atoms with Gasteiger partial charge >= 0.3 is 0 Å². The van der Waals surface area contributed by atoms with Gasteiger partial charge in [-0.15, -0.1) is 13.2 Å².